The van der Waals surface area contributed by atoms with Gasteiger partial charge in [0.2, 0.25) is 5.91 Å². The van der Waals surface area contributed by atoms with E-state index in [0.29, 0.717) is 17.8 Å². The van der Waals surface area contributed by atoms with Gasteiger partial charge in [-0.25, -0.2) is 0 Å². The number of hydrogen-bond acceptors (Lipinski definition) is 4. The van der Waals surface area contributed by atoms with Crippen LogP contribution in [0.15, 0.2) is 24.3 Å². The average molecular weight is 374 g/mol. The van der Waals surface area contributed by atoms with Crippen molar-refractivity contribution in [3.05, 3.63) is 29.8 Å². The Bertz CT molecular complexity index is 651. The lowest BCUT2D eigenvalue weighted by atomic mass is 9.95. The molecule has 1 aromatic carbocycles. The third-order valence-electron chi connectivity index (χ3n) is 4.99. The van der Waals surface area contributed by atoms with Gasteiger partial charge in [0.25, 0.3) is 5.91 Å². The van der Waals surface area contributed by atoms with Crippen molar-refractivity contribution >= 4 is 23.5 Å². The number of rotatable bonds is 6. The zero-order valence-corrected chi connectivity index (χ0v) is 16.3. The molecule has 0 bridgehead atoms. The van der Waals surface area contributed by atoms with E-state index >= 15 is 0 Å². The first-order valence-corrected chi connectivity index (χ1v) is 9.76. The van der Waals surface area contributed by atoms with E-state index in [0.717, 1.165) is 25.7 Å². The molecule has 1 saturated carbocycles. The Morgan fingerprint density at radius 2 is 1.78 bits per heavy atom. The Morgan fingerprint density at radius 3 is 2.41 bits per heavy atom. The Morgan fingerprint density at radius 1 is 1.11 bits per heavy atom. The molecule has 1 aromatic rings. The predicted octanol–water partition coefficient (Wildman–Crippen LogP) is 3.76. The smallest absolute Gasteiger partial charge is 0.307 e. The van der Waals surface area contributed by atoms with Crippen molar-refractivity contribution in [2.45, 2.75) is 64.3 Å². The summed E-state index contributed by atoms with van der Waals surface area (Å²) < 4.78 is 4.76. The predicted molar refractivity (Wildman–Crippen MR) is 105 cm³/mol. The molecule has 0 heterocycles. The van der Waals surface area contributed by atoms with Gasteiger partial charge in [0.05, 0.1) is 13.5 Å². The van der Waals surface area contributed by atoms with Gasteiger partial charge in [-0.2, -0.15) is 0 Å². The lowest BCUT2D eigenvalue weighted by Gasteiger charge is -2.33. The second-order valence-corrected chi connectivity index (χ2v) is 7.09. The van der Waals surface area contributed by atoms with E-state index in [9.17, 15) is 14.4 Å². The van der Waals surface area contributed by atoms with Gasteiger partial charge < -0.3 is 15.0 Å². The van der Waals surface area contributed by atoms with Gasteiger partial charge in [0.15, 0.2) is 0 Å². The molecule has 1 aliphatic rings. The summed E-state index contributed by atoms with van der Waals surface area (Å²) in [6.45, 7) is 1.78. The molecule has 1 fully saturated rings. The summed E-state index contributed by atoms with van der Waals surface area (Å²) in [6, 6.07) is 7.09. The maximum atomic E-state index is 13.2. The van der Waals surface area contributed by atoms with Crippen molar-refractivity contribution in [2.75, 3.05) is 19.0 Å². The number of nitrogens with one attached hydrogen (secondary N) is 1. The summed E-state index contributed by atoms with van der Waals surface area (Å²) in [7, 11) is 1.36. The molecule has 0 radical (unpaired) electrons. The number of esters is 1. The molecule has 1 aliphatic carbocycles. The number of methoxy groups -OCH3 is 1. The van der Waals surface area contributed by atoms with Gasteiger partial charge >= 0.3 is 5.97 Å². The maximum Gasteiger partial charge on any atom is 0.307 e. The molecule has 0 saturated heterocycles. The summed E-state index contributed by atoms with van der Waals surface area (Å²) in [5, 5.41) is 2.71. The number of benzene rings is 1. The van der Waals surface area contributed by atoms with Gasteiger partial charge in [-0.3, -0.25) is 14.4 Å². The Kier molecular flexibility index (Phi) is 8.30. The topological polar surface area (TPSA) is 75.7 Å². The molecular formula is C21H30N2O4. The Hall–Kier alpha value is -2.37. The molecule has 6 heteroatoms. The highest BCUT2D eigenvalue weighted by Crippen LogP contribution is 2.24. The molecule has 0 atom stereocenters. The van der Waals surface area contributed by atoms with E-state index in [4.69, 9.17) is 4.74 Å². The lowest BCUT2D eigenvalue weighted by Crippen LogP contribution is -2.42. The Balaban J connectivity index is 2.20. The summed E-state index contributed by atoms with van der Waals surface area (Å²) in [4.78, 5) is 38.0. The van der Waals surface area contributed by atoms with Crippen LogP contribution in [0.4, 0.5) is 5.69 Å². The number of carbonyl (C=O) groups excluding carboxylic acids is 3. The highest BCUT2D eigenvalue weighted by Gasteiger charge is 2.26. The molecule has 0 unspecified atom stereocenters. The zero-order chi connectivity index (χ0) is 19.6. The van der Waals surface area contributed by atoms with Gasteiger partial charge in [-0.1, -0.05) is 38.2 Å². The van der Waals surface area contributed by atoms with Gasteiger partial charge in [0, 0.05) is 30.8 Å². The van der Waals surface area contributed by atoms with Crippen molar-refractivity contribution in [1.29, 1.82) is 0 Å². The maximum absolute atomic E-state index is 13.2. The second kappa shape index (κ2) is 10.7. The summed E-state index contributed by atoms with van der Waals surface area (Å²) in [5.41, 5.74) is 1.12. The second-order valence-electron chi connectivity index (χ2n) is 7.09. The Labute approximate surface area is 161 Å². The van der Waals surface area contributed by atoms with Crippen molar-refractivity contribution in [3.63, 3.8) is 0 Å². The number of ether oxygens (including phenoxy) is 1. The van der Waals surface area contributed by atoms with Crippen LogP contribution < -0.4 is 5.32 Å². The molecule has 27 heavy (non-hydrogen) atoms. The monoisotopic (exact) mass is 374 g/mol. The van der Waals surface area contributed by atoms with Gasteiger partial charge in [-0.15, -0.1) is 0 Å². The third kappa shape index (κ3) is 6.70. The third-order valence-corrected chi connectivity index (χ3v) is 4.99. The van der Waals surface area contributed by atoms with Crippen molar-refractivity contribution < 1.29 is 19.1 Å². The number of amides is 2. The van der Waals surface area contributed by atoms with Crippen molar-refractivity contribution in [3.8, 4) is 0 Å². The minimum absolute atomic E-state index is 0.100. The first-order chi connectivity index (χ1) is 13.0. The summed E-state index contributed by atoms with van der Waals surface area (Å²) in [6.07, 6.45) is 7.92. The standard InChI is InChI=1S/C21H30N2O4/c1-16(24)22-18-10-8-9-17(15-18)21(26)23(14-13-20(25)27-2)19-11-6-4-3-5-7-12-19/h8-10,15,19H,3-7,11-14H2,1-2H3,(H,22,24). The normalized spacial score (nSPS) is 15.3. The molecule has 0 spiro atoms. The number of hydrogen-bond donors (Lipinski definition) is 1. The van der Waals surface area contributed by atoms with E-state index < -0.39 is 0 Å². The van der Waals surface area contributed by atoms with Crippen LogP contribution in [-0.4, -0.2) is 42.4 Å². The molecule has 148 valence electrons. The van der Waals surface area contributed by atoms with E-state index in [1.54, 1.807) is 24.3 Å². The van der Waals surface area contributed by atoms with Gasteiger partial charge in [0.1, 0.15) is 0 Å². The first kappa shape index (κ1) is 20.9. The van der Waals surface area contributed by atoms with Crippen LogP contribution in [0.25, 0.3) is 0 Å². The molecule has 2 rings (SSSR count). The summed E-state index contributed by atoms with van der Waals surface area (Å²) >= 11 is 0. The quantitative estimate of drug-likeness (QED) is 0.769. The minimum atomic E-state index is -0.314. The van der Waals surface area contributed by atoms with E-state index in [1.807, 2.05) is 4.90 Å². The van der Waals surface area contributed by atoms with Crippen LogP contribution in [0.2, 0.25) is 0 Å². The molecule has 1 N–H and O–H groups in total. The van der Waals surface area contributed by atoms with E-state index in [2.05, 4.69) is 5.32 Å². The van der Waals surface area contributed by atoms with Crippen LogP contribution in [-0.2, 0) is 14.3 Å². The number of anilines is 1. The number of nitrogens with zero attached hydrogens (tertiary/aromatic N) is 1. The fraction of sp³-hybridized carbons (Fsp3) is 0.571. The van der Waals surface area contributed by atoms with Crippen LogP contribution in [0, 0.1) is 0 Å². The highest BCUT2D eigenvalue weighted by atomic mass is 16.5. The lowest BCUT2D eigenvalue weighted by molar-refractivity contribution is -0.140. The van der Waals surface area contributed by atoms with E-state index in [1.165, 1.54) is 33.3 Å². The fourth-order valence-electron chi connectivity index (χ4n) is 3.61. The van der Waals surface area contributed by atoms with Crippen LogP contribution in [0.5, 0.6) is 0 Å². The molecular weight excluding hydrogens is 344 g/mol. The largest absolute Gasteiger partial charge is 0.469 e. The SMILES string of the molecule is COC(=O)CCN(C(=O)c1cccc(NC(C)=O)c1)C1CCCCCCC1. The zero-order valence-electron chi connectivity index (χ0n) is 16.3. The molecule has 2 amide bonds. The van der Waals surface area contributed by atoms with Crippen LogP contribution >= 0.6 is 0 Å². The average Bonchev–Trinajstić information content (AvgIpc) is 2.62. The molecule has 0 aromatic heterocycles. The van der Waals surface area contributed by atoms with Gasteiger partial charge in [-0.05, 0) is 31.0 Å². The summed E-state index contributed by atoms with van der Waals surface area (Å²) in [5.74, 6) is -0.593. The van der Waals surface area contributed by atoms with Crippen LogP contribution in [0.3, 0.4) is 0 Å². The first-order valence-electron chi connectivity index (χ1n) is 9.76. The van der Waals surface area contributed by atoms with Crippen molar-refractivity contribution in [2.24, 2.45) is 0 Å². The molecule has 6 nitrogen and oxygen atoms in total. The van der Waals surface area contributed by atoms with E-state index in [-0.39, 0.29) is 30.2 Å². The van der Waals surface area contributed by atoms with Crippen molar-refractivity contribution in [1.82, 2.24) is 4.90 Å². The fourth-order valence-corrected chi connectivity index (χ4v) is 3.61. The highest BCUT2D eigenvalue weighted by molar-refractivity contribution is 5.97. The minimum Gasteiger partial charge on any atom is -0.469 e. The van der Waals surface area contributed by atoms with Crippen LogP contribution in [0.1, 0.15) is 68.6 Å². The molecule has 0 aliphatic heterocycles. The number of carbonyl (C=O) groups is 3.